The van der Waals surface area contributed by atoms with Crippen molar-refractivity contribution in [1.82, 2.24) is 5.32 Å². The van der Waals surface area contributed by atoms with Gasteiger partial charge in [0, 0.05) is 6.42 Å². The van der Waals surface area contributed by atoms with Crippen molar-refractivity contribution < 1.29 is 15.0 Å². The fourth-order valence-electron chi connectivity index (χ4n) is 4.76. The van der Waals surface area contributed by atoms with Crippen LogP contribution in [0.1, 0.15) is 168 Å². The molecule has 0 bridgehead atoms. The van der Waals surface area contributed by atoms with Gasteiger partial charge in [-0.25, -0.2) is 0 Å². The lowest BCUT2D eigenvalue weighted by Gasteiger charge is -2.20. The maximum atomic E-state index is 12.2. The van der Waals surface area contributed by atoms with E-state index in [0.717, 1.165) is 25.7 Å². The maximum Gasteiger partial charge on any atom is 0.220 e. The number of unbranched alkanes of at least 4 members (excludes halogenated alkanes) is 21. The van der Waals surface area contributed by atoms with Crippen molar-refractivity contribution in [2.45, 2.75) is 180 Å². The van der Waals surface area contributed by atoms with Crippen LogP contribution >= 0.6 is 0 Å². The van der Waals surface area contributed by atoms with Gasteiger partial charge < -0.3 is 15.5 Å². The van der Waals surface area contributed by atoms with E-state index in [9.17, 15) is 15.0 Å². The first-order chi connectivity index (χ1) is 17.7. The molecule has 0 saturated carbocycles. The van der Waals surface area contributed by atoms with Gasteiger partial charge in [0.25, 0.3) is 0 Å². The molecule has 36 heavy (non-hydrogen) atoms. The number of aliphatic hydroxyl groups is 2. The second-order valence-electron chi connectivity index (χ2n) is 10.9. The lowest BCUT2D eigenvalue weighted by atomic mass is 10.0. The van der Waals surface area contributed by atoms with E-state index < -0.39 is 12.1 Å². The number of nitrogens with one attached hydrogen (secondary N) is 1. The molecule has 0 aromatic rings. The van der Waals surface area contributed by atoms with Crippen LogP contribution in [-0.4, -0.2) is 34.9 Å². The third kappa shape index (κ3) is 24.8. The van der Waals surface area contributed by atoms with Crippen molar-refractivity contribution in [3.63, 3.8) is 0 Å². The van der Waals surface area contributed by atoms with E-state index in [2.05, 4.69) is 19.2 Å². The quantitative estimate of drug-likeness (QED) is 0.0729. The van der Waals surface area contributed by atoms with E-state index in [1.807, 2.05) is 6.08 Å². The predicted molar refractivity (Wildman–Crippen MR) is 156 cm³/mol. The number of hydrogen-bond acceptors (Lipinski definition) is 3. The third-order valence-electron chi connectivity index (χ3n) is 7.27. The van der Waals surface area contributed by atoms with Gasteiger partial charge in [-0.3, -0.25) is 4.79 Å². The molecule has 0 aromatic heterocycles. The average molecular weight is 510 g/mol. The number of carbonyl (C=O) groups excluding carboxylic acids is 1. The summed E-state index contributed by atoms with van der Waals surface area (Å²) in [5.74, 6) is -0.0686. The summed E-state index contributed by atoms with van der Waals surface area (Å²) in [4.78, 5) is 12.2. The van der Waals surface area contributed by atoms with Crippen LogP contribution in [0.15, 0.2) is 12.2 Å². The van der Waals surface area contributed by atoms with Crippen LogP contribution in [-0.2, 0) is 4.79 Å². The first kappa shape index (κ1) is 35.1. The minimum Gasteiger partial charge on any atom is -0.394 e. The Bertz CT molecular complexity index is 480. The summed E-state index contributed by atoms with van der Waals surface area (Å²) >= 11 is 0. The number of carbonyl (C=O) groups is 1. The van der Waals surface area contributed by atoms with Crippen LogP contribution in [0.2, 0.25) is 0 Å². The second kappa shape index (κ2) is 28.7. The van der Waals surface area contributed by atoms with E-state index in [1.165, 1.54) is 122 Å². The molecular weight excluding hydrogens is 446 g/mol. The molecule has 214 valence electrons. The zero-order valence-electron chi connectivity index (χ0n) is 24.3. The Labute approximate surface area is 225 Å². The molecule has 1 amide bonds. The molecular formula is C32H63NO3. The molecule has 0 aromatic carbocycles. The maximum absolute atomic E-state index is 12.2. The monoisotopic (exact) mass is 509 g/mol. The normalized spacial score (nSPS) is 13.3. The van der Waals surface area contributed by atoms with Crippen molar-refractivity contribution in [2.75, 3.05) is 6.61 Å². The van der Waals surface area contributed by atoms with Gasteiger partial charge in [0.15, 0.2) is 0 Å². The summed E-state index contributed by atoms with van der Waals surface area (Å²) in [6, 6.07) is -0.612. The van der Waals surface area contributed by atoms with Crippen LogP contribution in [0.5, 0.6) is 0 Å². The van der Waals surface area contributed by atoms with Crippen LogP contribution in [0, 0.1) is 0 Å². The summed E-state index contributed by atoms with van der Waals surface area (Å²) < 4.78 is 0. The number of rotatable bonds is 28. The Morgan fingerprint density at radius 1 is 0.639 bits per heavy atom. The Morgan fingerprint density at radius 2 is 1.03 bits per heavy atom. The molecule has 0 rings (SSSR count). The summed E-state index contributed by atoms with van der Waals surface area (Å²) in [5, 5.41) is 22.7. The standard InChI is InChI=1S/C32H63NO3/c1-3-5-7-9-11-13-14-15-16-17-18-20-21-23-25-27-31(35)30(29-34)33-32(36)28-26-24-22-19-12-10-8-6-4-2/h25,27,30-31,34-35H,3-24,26,28-29H2,1-2H3,(H,33,36)/b27-25+/t30-,31?/m0/s1. The van der Waals surface area contributed by atoms with Crippen molar-refractivity contribution in [3.05, 3.63) is 12.2 Å². The highest BCUT2D eigenvalue weighted by molar-refractivity contribution is 5.76. The lowest BCUT2D eigenvalue weighted by Crippen LogP contribution is -2.45. The fraction of sp³-hybridized carbons (Fsp3) is 0.906. The molecule has 0 heterocycles. The average Bonchev–Trinajstić information content (AvgIpc) is 2.88. The molecule has 0 fully saturated rings. The highest BCUT2D eigenvalue weighted by atomic mass is 16.3. The molecule has 1 unspecified atom stereocenters. The largest absolute Gasteiger partial charge is 0.394 e. The van der Waals surface area contributed by atoms with Gasteiger partial charge in [-0.2, -0.15) is 0 Å². The van der Waals surface area contributed by atoms with E-state index in [0.29, 0.717) is 6.42 Å². The number of amides is 1. The summed E-state index contributed by atoms with van der Waals surface area (Å²) in [5.41, 5.74) is 0. The van der Waals surface area contributed by atoms with Gasteiger partial charge in [0.1, 0.15) is 0 Å². The highest BCUT2D eigenvalue weighted by Crippen LogP contribution is 2.13. The summed E-state index contributed by atoms with van der Waals surface area (Å²) in [7, 11) is 0. The van der Waals surface area contributed by atoms with Crippen LogP contribution < -0.4 is 5.32 Å². The van der Waals surface area contributed by atoms with Crippen LogP contribution in [0.25, 0.3) is 0 Å². The molecule has 0 aliphatic rings. The lowest BCUT2D eigenvalue weighted by molar-refractivity contribution is -0.123. The minimum atomic E-state index is -0.830. The van der Waals surface area contributed by atoms with Gasteiger partial charge in [-0.15, -0.1) is 0 Å². The molecule has 0 aliphatic carbocycles. The second-order valence-corrected chi connectivity index (χ2v) is 10.9. The van der Waals surface area contributed by atoms with E-state index in [1.54, 1.807) is 6.08 Å². The third-order valence-corrected chi connectivity index (χ3v) is 7.27. The topological polar surface area (TPSA) is 69.6 Å². The number of hydrogen-bond donors (Lipinski definition) is 3. The zero-order chi connectivity index (χ0) is 26.5. The van der Waals surface area contributed by atoms with Crippen molar-refractivity contribution >= 4 is 5.91 Å². The van der Waals surface area contributed by atoms with Gasteiger partial charge in [0.2, 0.25) is 5.91 Å². The molecule has 4 heteroatoms. The highest BCUT2D eigenvalue weighted by Gasteiger charge is 2.17. The van der Waals surface area contributed by atoms with Gasteiger partial charge >= 0.3 is 0 Å². The zero-order valence-corrected chi connectivity index (χ0v) is 24.3. The van der Waals surface area contributed by atoms with E-state index in [-0.39, 0.29) is 12.5 Å². The molecule has 0 aliphatic heterocycles. The van der Waals surface area contributed by atoms with E-state index in [4.69, 9.17) is 0 Å². The van der Waals surface area contributed by atoms with Crippen molar-refractivity contribution in [3.8, 4) is 0 Å². The number of allylic oxidation sites excluding steroid dienone is 1. The Balaban J connectivity index is 3.64. The van der Waals surface area contributed by atoms with E-state index >= 15 is 0 Å². The number of aliphatic hydroxyl groups excluding tert-OH is 2. The molecule has 3 N–H and O–H groups in total. The molecule has 2 atom stereocenters. The summed E-state index contributed by atoms with van der Waals surface area (Å²) in [6.45, 7) is 4.27. The van der Waals surface area contributed by atoms with Crippen LogP contribution in [0.3, 0.4) is 0 Å². The Hall–Kier alpha value is -0.870. The smallest absolute Gasteiger partial charge is 0.220 e. The van der Waals surface area contributed by atoms with Gasteiger partial charge in [-0.05, 0) is 19.3 Å². The fourth-order valence-corrected chi connectivity index (χ4v) is 4.76. The molecule has 0 spiro atoms. The molecule has 0 saturated heterocycles. The van der Waals surface area contributed by atoms with Gasteiger partial charge in [0.05, 0.1) is 18.8 Å². The first-order valence-electron chi connectivity index (χ1n) is 15.9. The van der Waals surface area contributed by atoms with Gasteiger partial charge in [-0.1, -0.05) is 154 Å². The SMILES string of the molecule is CCCCCCCCCCCCCCC/C=C/C(O)[C@H](CO)NC(=O)CCCCCCCCCCC. The van der Waals surface area contributed by atoms with Crippen molar-refractivity contribution in [2.24, 2.45) is 0 Å². The predicted octanol–water partition coefficient (Wildman–Crippen LogP) is 8.78. The van der Waals surface area contributed by atoms with Crippen molar-refractivity contribution in [1.29, 1.82) is 0 Å². The summed E-state index contributed by atoms with van der Waals surface area (Å²) in [6.07, 6.45) is 32.8. The van der Waals surface area contributed by atoms with Crippen LogP contribution in [0.4, 0.5) is 0 Å². The first-order valence-corrected chi connectivity index (χ1v) is 15.9. The Kier molecular flexibility index (Phi) is 28.0. The Morgan fingerprint density at radius 3 is 1.44 bits per heavy atom. The minimum absolute atomic E-state index is 0.0686. The molecule has 4 nitrogen and oxygen atoms in total. The molecule has 0 radical (unpaired) electrons.